The van der Waals surface area contributed by atoms with Crippen LogP contribution in [0.25, 0.3) is 0 Å². The second-order valence-electron chi connectivity index (χ2n) is 7.09. The number of piperidine rings is 1. The highest BCUT2D eigenvalue weighted by molar-refractivity contribution is 5.97. The molecule has 0 spiro atoms. The summed E-state index contributed by atoms with van der Waals surface area (Å²) < 4.78 is 5.16. The third-order valence-corrected chi connectivity index (χ3v) is 5.02. The molecule has 1 amide bonds. The van der Waals surface area contributed by atoms with Crippen LogP contribution < -0.4 is 20.3 Å². The first kappa shape index (κ1) is 20.4. The fourth-order valence-electron chi connectivity index (χ4n) is 3.37. The zero-order valence-electron chi connectivity index (χ0n) is 16.7. The van der Waals surface area contributed by atoms with E-state index in [2.05, 4.69) is 27.7 Å². The van der Waals surface area contributed by atoms with Gasteiger partial charge >= 0.3 is 0 Å². The summed E-state index contributed by atoms with van der Waals surface area (Å²) in [5.74, 6) is -0.0251. The lowest BCUT2D eigenvalue weighted by atomic mass is 10.1. The molecule has 0 radical (unpaired) electrons. The van der Waals surface area contributed by atoms with Gasteiger partial charge in [0.25, 0.3) is 5.69 Å². The van der Waals surface area contributed by atoms with Crippen molar-refractivity contribution in [1.82, 2.24) is 0 Å². The third-order valence-electron chi connectivity index (χ3n) is 5.02. The van der Waals surface area contributed by atoms with Crippen LogP contribution in [0.5, 0.6) is 5.75 Å². The molecule has 1 atom stereocenters. The maximum Gasteiger partial charge on any atom is 0.273 e. The van der Waals surface area contributed by atoms with Crippen molar-refractivity contribution in [3.05, 3.63) is 52.6 Å². The number of carbonyl (C=O) groups excluding carboxylic acids is 1. The molecule has 2 aromatic carbocycles. The molecule has 0 bridgehead atoms. The molecule has 0 aliphatic carbocycles. The molecule has 1 unspecified atom stereocenters. The lowest BCUT2D eigenvalue weighted by Gasteiger charge is -2.29. The van der Waals surface area contributed by atoms with Crippen molar-refractivity contribution in [3.8, 4) is 5.75 Å². The first-order valence-corrected chi connectivity index (χ1v) is 9.73. The number of hydrogen-bond donors (Lipinski definition) is 2. The van der Waals surface area contributed by atoms with Gasteiger partial charge in [0.15, 0.2) is 0 Å². The quantitative estimate of drug-likeness (QED) is 0.540. The lowest BCUT2D eigenvalue weighted by Crippen LogP contribution is -2.32. The summed E-state index contributed by atoms with van der Waals surface area (Å²) in [5, 5.41) is 16.8. The average molecular weight is 398 g/mol. The average Bonchev–Trinajstić information content (AvgIpc) is 2.75. The molecular weight excluding hydrogens is 372 g/mol. The minimum atomic E-state index is -0.508. The number of methoxy groups -OCH3 is 1. The van der Waals surface area contributed by atoms with Gasteiger partial charge in [0.1, 0.15) is 11.8 Å². The highest BCUT2D eigenvalue weighted by atomic mass is 16.6. The highest BCUT2D eigenvalue weighted by Gasteiger charge is 2.18. The van der Waals surface area contributed by atoms with Crippen molar-refractivity contribution < 1.29 is 14.5 Å². The standard InChI is InChI=1S/C21H26N4O4/c1-15(21(26)23-19-11-10-18(25(27)28)14-20(19)29-2)22-16-6-8-17(9-7-16)24-12-4-3-5-13-24/h6-11,14-15,22H,3-5,12-13H2,1-2H3,(H,23,26). The molecule has 8 nitrogen and oxygen atoms in total. The Hall–Kier alpha value is -3.29. The second kappa shape index (κ2) is 9.27. The number of rotatable bonds is 7. The molecule has 1 aliphatic heterocycles. The van der Waals surface area contributed by atoms with Crippen LogP contribution in [0.15, 0.2) is 42.5 Å². The molecule has 0 saturated carbocycles. The SMILES string of the molecule is COc1cc([N+](=O)[O-])ccc1NC(=O)C(C)Nc1ccc(N2CCCCC2)cc1. The van der Waals surface area contributed by atoms with Crippen LogP contribution in [0, 0.1) is 10.1 Å². The van der Waals surface area contributed by atoms with Crippen molar-refractivity contribution in [3.63, 3.8) is 0 Å². The maximum atomic E-state index is 12.5. The van der Waals surface area contributed by atoms with Crippen LogP contribution in [0.4, 0.5) is 22.7 Å². The zero-order chi connectivity index (χ0) is 20.8. The Labute approximate surface area is 170 Å². The van der Waals surface area contributed by atoms with Crippen molar-refractivity contribution in [2.75, 3.05) is 35.7 Å². The molecule has 1 heterocycles. The largest absolute Gasteiger partial charge is 0.494 e. The Kier molecular flexibility index (Phi) is 6.54. The minimum Gasteiger partial charge on any atom is -0.494 e. The Bertz CT molecular complexity index is 863. The molecule has 3 rings (SSSR count). The van der Waals surface area contributed by atoms with E-state index in [1.54, 1.807) is 6.92 Å². The summed E-state index contributed by atoms with van der Waals surface area (Å²) in [6.45, 7) is 3.93. The van der Waals surface area contributed by atoms with Gasteiger partial charge in [-0.3, -0.25) is 14.9 Å². The Morgan fingerprint density at radius 2 is 1.83 bits per heavy atom. The summed E-state index contributed by atoms with van der Waals surface area (Å²) in [5.41, 5.74) is 2.34. The summed E-state index contributed by atoms with van der Waals surface area (Å²) in [7, 11) is 1.40. The summed E-state index contributed by atoms with van der Waals surface area (Å²) in [4.78, 5) is 25.3. The Morgan fingerprint density at radius 1 is 1.14 bits per heavy atom. The minimum absolute atomic E-state index is 0.0974. The number of amides is 1. The summed E-state index contributed by atoms with van der Waals surface area (Å²) in [6, 6.07) is 11.7. The number of nitrogens with one attached hydrogen (secondary N) is 2. The van der Waals surface area contributed by atoms with Crippen LogP contribution in [0.3, 0.4) is 0 Å². The van der Waals surface area contributed by atoms with Crippen molar-refractivity contribution >= 4 is 28.7 Å². The van der Waals surface area contributed by atoms with Crippen molar-refractivity contribution in [1.29, 1.82) is 0 Å². The van der Waals surface area contributed by atoms with Gasteiger partial charge in [-0.2, -0.15) is 0 Å². The fraction of sp³-hybridized carbons (Fsp3) is 0.381. The first-order valence-electron chi connectivity index (χ1n) is 9.73. The Morgan fingerprint density at radius 3 is 2.45 bits per heavy atom. The summed E-state index contributed by atoms with van der Waals surface area (Å²) >= 11 is 0. The van der Waals surface area contributed by atoms with E-state index in [9.17, 15) is 14.9 Å². The van der Waals surface area contributed by atoms with Crippen LogP contribution in [0.2, 0.25) is 0 Å². The number of nitro groups is 1. The normalized spacial score (nSPS) is 14.8. The van der Waals surface area contributed by atoms with E-state index in [-0.39, 0.29) is 17.3 Å². The van der Waals surface area contributed by atoms with Gasteiger partial charge in [-0.1, -0.05) is 0 Å². The fourth-order valence-corrected chi connectivity index (χ4v) is 3.37. The third kappa shape index (κ3) is 5.16. The second-order valence-corrected chi connectivity index (χ2v) is 7.09. The smallest absolute Gasteiger partial charge is 0.273 e. The molecule has 1 aliphatic rings. The molecule has 2 aromatic rings. The molecule has 0 aromatic heterocycles. The number of carbonyl (C=O) groups is 1. The predicted molar refractivity (Wildman–Crippen MR) is 114 cm³/mol. The number of ether oxygens (including phenoxy) is 1. The molecule has 8 heteroatoms. The number of anilines is 3. The summed E-state index contributed by atoms with van der Waals surface area (Å²) in [6.07, 6.45) is 3.74. The molecular formula is C21H26N4O4. The van der Waals surface area contributed by atoms with Crippen molar-refractivity contribution in [2.45, 2.75) is 32.2 Å². The lowest BCUT2D eigenvalue weighted by molar-refractivity contribution is -0.384. The van der Waals surface area contributed by atoms with Gasteiger partial charge in [-0.15, -0.1) is 0 Å². The van der Waals surface area contributed by atoms with E-state index in [0.717, 1.165) is 18.8 Å². The van der Waals surface area contributed by atoms with E-state index in [4.69, 9.17) is 4.74 Å². The molecule has 29 heavy (non-hydrogen) atoms. The predicted octanol–water partition coefficient (Wildman–Crippen LogP) is 4.03. The van der Waals surface area contributed by atoms with Crippen molar-refractivity contribution in [2.24, 2.45) is 0 Å². The number of non-ortho nitro benzene ring substituents is 1. The van der Waals surface area contributed by atoms with Crippen LogP contribution in [-0.4, -0.2) is 37.1 Å². The molecule has 154 valence electrons. The van der Waals surface area contributed by atoms with E-state index in [1.165, 1.54) is 50.3 Å². The number of nitrogens with zero attached hydrogens (tertiary/aromatic N) is 2. The van der Waals surface area contributed by atoms with E-state index < -0.39 is 11.0 Å². The number of benzene rings is 2. The van der Waals surface area contributed by atoms with Gasteiger partial charge in [-0.05, 0) is 56.5 Å². The maximum absolute atomic E-state index is 12.5. The number of nitro benzene ring substituents is 1. The topological polar surface area (TPSA) is 96.7 Å². The van der Waals surface area contributed by atoms with Gasteiger partial charge in [0.2, 0.25) is 5.91 Å². The Balaban J connectivity index is 1.61. The first-order chi connectivity index (χ1) is 14.0. The number of hydrogen-bond acceptors (Lipinski definition) is 6. The monoisotopic (exact) mass is 398 g/mol. The van der Waals surface area contributed by atoms with Gasteiger partial charge in [-0.25, -0.2) is 0 Å². The van der Waals surface area contributed by atoms with Crippen LogP contribution in [-0.2, 0) is 4.79 Å². The highest BCUT2D eigenvalue weighted by Crippen LogP contribution is 2.29. The van der Waals surface area contributed by atoms with Gasteiger partial charge in [0.05, 0.1) is 23.8 Å². The molecule has 1 saturated heterocycles. The molecule has 2 N–H and O–H groups in total. The van der Waals surface area contributed by atoms with E-state index in [0.29, 0.717) is 5.69 Å². The van der Waals surface area contributed by atoms with Crippen LogP contribution in [0.1, 0.15) is 26.2 Å². The van der Waals surface area contributed by atoms with Gasteiger partial charge in [0, 0.05) is 30.5 Å². The van der Waals surface area contributed by atoms with E-state index >= 15 is 0 Å². The van der Waals surface area contributed by atoms with Crippen LogP contribution >= 0.6 is 0 Å². The zero-order valence-corrected chi connectivity index (χ0v) is 16.7. The van der Waals surface area contributed by atoms with Gasteiger partial charge < -0.3 is 20.3 Å². The molecule has 1 fully saturated rings. The van der Waals surface area contributed by atoms with E-state index in [1.807, 2.05) is 12.1 Å².